The topological polar surface area (TPSA) is 73.5 Å². The summed E-state index contributed by atoms with van der Waals surface area (Å²) >= 11 is 0. The summed E-state index contributed by atoms with van der Waals surface area (Å²) in [5.41, 5.74) is 2.37. The summed E-state index contributed by atoms with van der Waals surface area (Å²) in [4.78, 5) is 15.6. The molecule has 0 amide bonds. The molecule has 0 unspecified atom stereocenters. The van der Waals surface area contributed by atoms with Crippen LogP contribution in [-0.4, -0.2) is 66.2 Å². The van der Waals surface area contributed by atoms with Gasteiger partial charge in [-0.3, -0.25) is 9.69 Å². The minimum absolute atomic E-state index is 0.0626. The minimum Gasteiger partial charge on any atom is -0.493 e. The molecule has 1 aliphatic heterocycles. The van der Waals surface area contributed by atoms with Crippen LogP contribution in [0.3, 0.4) is 0 Å². The second-order valence-corrected chi connectivity index (χ2v) is 7.21. The SMILES string of the molecule is COc1cc2c3c(C)nn(CCN4CCNCC4)c(=O)c3n(C)c2cc1OC. The number of rotatable bonds is 5. The first-order valence-corrected chi connectivity index (χ1v) is 9.60. The third-order valence-electron chi connectivity index (χ3n) is 5.61. The molecule has 8 nitrogen and oxygen atoms in total. The Morgan fingerprint density at radius 1 is 1.11 bits per heavy atom. The highest BCUT2D eigenvalue weighted by Gasteiger charge is 2.20. The Hall–Kier alpha value is -2.58. The number of aromatic nitrogens is 3. The van der Waals surface area contributed by atoms with Crippen molar-refractivity contribution < 1.29 is 9.47 Å². The van der Waals surface area contributed by atoms with E-state index in [-0.39, 0.29) is 5.56 Å². The first-order valence-electron chi connectivity index (χ1n) is 9.60. The Morgan fingerprint density at radius 3 is 2.46 bits per heavy atom. The monoisotopic (exact) mass is 385 g/mol. The molecule has 1 aromatic carbocycles. The maximum atomic E-state index is 13.2. The van der Waals surface area contributed by atoms with Crippen LogP contribution in [0.1, 0.15) is 5.69 Å². The van der Waals surface area contributed by atoms with Crippen LogP contribution in [0.15, 0.2) is 16.9 Å². The van der Waals surface area contributed by atoms with Gasteiger partial charge in [0.15, 0.2) is 11.5 Å². The molecule has 0 bridgehead atoms. The highest BCUT2D eigenvalue weighted by Crippen LogP contribution is 2.37. The van der Waals surface area contributed by atoms with E-state index in [1.807, 2.05) is 30.7 Å². The van der Waals surface area contributed by atoms with Gasteiger partial charge in [-0.05, 0) is 13.0 Å². The summed E-state index contributed by atoms with van der Waals surface area (Å²) < 4.78 is 14.4. The molecule has 8 heteroatoms. The largest absolute Gasteiger partial charge is 0.493 e. The van der Waals surface area contributed by atoms with Gasteiger partial charge < -0.3 is 19.4 Å². The van der Waals surface area contributed by atoms with Crippen molar-refractivity contribution in [2.24, 2.45) is 7.05 Å². The Labute approximate surface area is 163 Å². The molecule has 3 heterocycles. The average Bonchev–Trinajstić information content (AvgIpc) is 3.01. The number of nitrogens with zero attached hydrogens (tertiary/aromatic N) is 4. The molecule has 0 spiro atoms. The van der Waals surface area contributed by atoms with Gasteiger partial charge in [0.25, 0.3) is 5.56 Å². The highest BCUT2D eigenvalue weighted by atomic mass is 16.5. The van der Waals surface area contributed by atoms with Crippen LogP contribution in [0.2, 0.25) is 0 Å². The van der Waals surface area contributed by atoms with E-state index in [9.17, 15) is 4.79 Å². The lowest BCUT2D eigenvalue weighted by atomic mass is 10.1. The van der Waals surface area contributed by atoms with Crippen molar-refractivity contribution in [3.05, 3.63) is 28.2 Å². The van der Waals surface area contributed by atoms with E-state index in [4.69, 9.17) is 9.47 Å². The highest BCUT2D eigenvalue weighted by molar-refractivity contribution is 6.09. The second kappa shape index (κ2) is 7.44. The molecule has 150 valence electrons. The van der Waals surface area contributed by atoms with Crippen molar-refractivity contribution in [1.29, 1.82) is 0 Å². The first kappa shape index (κ1) is 18.8. The van der Waals surface area contributed by atoms with Crippen LogP contribution >= 0.6 is 0 Å². The summed E-state index contributed by atoms with van der Waals surface area (Å²) in [6.07, 6.45) is 0. The fourth-order valence-corrected chi connectivity index (χ4v) is 4.10. The van der Waals surface area contributed by atoms with Gasteiger partial charge >= 0.3 is 0 Å². The van der Waals surface area contributed by atoms with Gasteiger partial charge in [0.2, 0.25) is 0 Å². The number of nitrogens with one attached hydrogen (secondary N) is 1. The van der Waals surface area contributed by atoms with Gasteiger partial charge in [-0.15, -0.1) is 0 Å². The van der Waals surface area contributed by atoms with E-state index in [1.54, 1.807) is 18.9 Å². The van der Waals surface area contributed by atoms with Crippen molar-refractivity contribution in [1.82, 2.24) is 24.6 Å². The number of hydrogen-bond acceptors (Lipinski definition) is 6. The normalized spacial score (nSPS) is 15.4. The number of fused-ring (bicyclic) bond motifs is 3. The standard InChI is InChI=1S/C20H27N5O3/c1-13-18-14-11-16(27-3)17(28-4)12-15(14)23(2)19(18)20(26)25(22-13)10-9-24-7-5-21-6-8-24/h11-12,21H,5-10H2,1-4H3. The molecule has 3 aromatic rings. The summed E-state index contributed by atoms with van der Waals surface area (Å²) in [7, 11) is 5.14. The van der Waals surface area contributed by atoms with Gasteiger partial charge in [-0.1, -0.05) is 0 Å². The van der Waals surface area contributed by atoms with Gasteiger partial charge in [-0.2, -0.15) is 5.10 Å². The number of piperazine rings is 1. The molecule has 1 saturated heterocycles. The third-order valence-corrected chi connectivity index (χ3v) is 5.61. The Morgan fingerprint density at radius 2 is 1.79 bits per heavy atom. The van der Waals surface area contributed by atoms with Crippen LogP contribution in [0.5, 0.6) is 11.5 Å². The fourth-order valence-electron chi connectivity index (χ4n) is 4.10. The smallest absolute Gasteiger partial charge is 0.291 e. The minimum atomic E-state index is -0.0626. The molecule has 0 saturated carbocycles. The fraction of sp³-hybridized carbons (Fsp3) is 0.500. The zero-order valence-electron chi connectivity index (χ0n) is 16.9. The van der Waals surface area contributed by atoms with Crippen LogP contribution in [0.25, 0.3) is 21.8 Å². The maximum Gasteiger partial charge on any atom is 0.291 e. The Balaban J connectivity index is 1.83. The first-order chi connectivity index (χ1) is 13.5. The average molecular weight is 385 g/mol. The second-order valence-electron chi connectivity index (χ2n) is 7.21. The van der Waals surface area contributed by atoms with E-state index in [0.29, 0.717) is 23.6 Å². The lowest BCUT2D eigenvalue weighted by Gasteiger charge is -2.27. The van der Waals surface area contributed by atoms with Gasteiger partial charge in [-0.25, -0.2) is 4.68 Å². The summed E-state index contributed by atoms with van der Waals surface area (Å²) in [5, 5.41) is 9.80. The van der Waals surface area contributed by atoms with Crippen molar-refractivity contribution in [2.75, 3.05) is 46.9 Å². The molecule has 1 N–H and O–H groups in total. The van der Waals surface area contributed by atoms with Crippen molar-refractivity contribution in [3.8, 4) is 11.5 Å². The zero-order chi connectivity index (χ0) is 19.8. The number of methoxy groups -OCH3 is 2. The summed E-state index contributed by atoms with van der Waals surface area (Å²) in [5.74, 6) is 1.29. The van der Waals surface area contributed by atoms with Crippen LogP contribution in [0.4, 0.5) is 0 Å². The quantitative estimate of drug-likeness (QED) is 0.710. The van der Waals surface area contributed by atoms with E-state index >= 15 is 0 Å². The van der Waals surface area contributed by atoms with E-state index in [1.165, 1.54) is 0 Å². The number of benzene rings is 1. The van der Waals surface area contributed by atoms with Gasteiger partial charge in [0.05, 0.1) is 32.0 Å². The van der Waals surface area contributed by atoms with E-state index in [2.05, 4.69) is 15.3 Å². The maximum absolute atomic E-state index is 13.2. The Bertz CT molecular complexity index is 1080. The molecule has 0 radical (unpaired) electrons. The van der Waals surface area contributed by atoms with E-state index < -0.39 is 0 Å². The molecule has 2 aromatic heterocycles. The molecule has 1 aliphatic rings. The summed E-state index contributed by atoms with van der Waals surface area (Å²) in [6.45, 7) is 7.36. The predicted molar refractivity (Wildman–Crippen MR) is 110 cm³/mol. The van der Waals surface area contributed by atoms with Crippen molar-refractivity contribution in [2.45, 2.75) is 13.5 Å². The number of ether oxygens (including phenoxy) is 2. The molecular weight excluding hydrogens is 358 g/mol. The van der Waals surface area contributed by atoms with Crippen LogP contribution in [-0.2, 0) is 13.6 Å². The molecule has 4 rings (SSSR count). The van der Waals surface area contributed by atoms with E-state index in [0.717, 1.165) is 54.7 Å². The molecule has 0 atom stereocenters. The van der Waals surface area contributed by atoms with Crippen molar-refractivity contribution in [3.63, 3.8) is 0 Å². The predicted octanol–water partition coefficient (Wildman–Crippen LogP) is 1.12. The number of hydrogen-bond donors (Lipinski definition) is 1. The van der Waals surface area contributed by atoms with Crippen LogP contribution < -0.4 is 20.3 Å². The lowest BCUT2D eigenvalue weighted by molar-refractivity contribution is 0.228. The van der Waals surface area contributed by atoms with Gasteiger partial charge in [0, 0.05) is 56.6 Å². The number of aryl methyl sites for hydroxylation is 2. The molecule has 28 heavy (non-hydrogen) atoms. The van der Waals surface area contributed by atoms with Crippen LogP contribution in [0, 0.1) is 6.92 Å². The third kappa shape index (κ3) is 3.02. The molecule has 0 aliphatic carbocycles. The zero-order valence-corrected chi connectivity index (χ0v) is 16.9. The molecular formula is C20H27N5O3. The summed E-state index contributed by atoms with van der Waals surface area (Å²) in [6, 6.07) is 3.84. The van der Waals surface area contributed by atoms with Gasteiger partial charge in [0.1, 0.15) is 5.52 Å². The van der Waals surface area contributed by atoms with Crippen molar-refractivity contribution >= 4 is 21.8 Å². The molecule has 1 fully saturated rings. The Kier molecular flexibility index (Phi) is 4.99. The lowest BCUT2D eigenvalue weighted by Crippen LogP contribution is -2.45.